The van der Waals surface area contributed by atoms with Gasteiger partial charge in [-0.25, -0.2) is 0 Å². The standard InChI is InChI=1S/C24H31N/c1-3-7-20(8-4-1)17-21-11-12-22(18-21)19-25-15-13-24(14-16-25)23-9-5-2-6-10-23/h1-10,21-22,24H,11-19H2. The Morgan fingerprint density at radius 3 is 2.08 bits per heavy atom. The largest absolute Gasteiger partial charge is 0.303 e. The van der Waals surface area contributed by atoms with Gasteiger partial charge in [0.2, 0.25) is 0 Å². The molecular formula is C24H31N. The van der Waals surface area contributed by atoms with Crippen molar-refractivity contribution >= 4 is 0 Å². The van der Waals surface area contributed by atoms with Crippen LogP contribution in [-0.4, -0.2) is 24.5 Å². The Hall–Kier alpha value is -1.60. The zero-order valence-corrected chi connectivity index (χ0v) is 15.3. The van der Waals surface area contributed by atoms with Gasteiger partial charge in [0, 0.05) is 6.54 Å². The second-order valence-corrected chi connectivity index (χ2v) is 8.22. The maximum absolute atomic E-state index is 2.75. The number of hydrogen-bond acceptors (Lipinski definition) is 1. The first-order chi connectivity index (χ1) is 12.4. The molecule has 0 bridgehead atoms. The highest BCUT2D eigenvalue weighted by Crippen LogP contribution is 2.35. The van der Waals surface area contributed by atoms with E-state index in [2.05, 4.69) is 65.6 Å². The van der Waals surface area contributed by atoms with Crippen molar-refractivity contribution in [1.82, 2.24) is 4.90 Å². The van der Waals surface area contributed by atoms with Gasteiger partial charge in [0.15, 0.2) is 0 Å². The van der Waals surface area contributed by atoms with Gasteiger partial charge in [0.1, 0.15) is 0 Å². The Morgan fingerprint density at radius 2 is 1.36 bits per heavy atom. The van der Waals surface area contributed by atoms with Crippen molar-refractivity contribution in [2.24, 2.45) is 11.8 Å². The smallest absolute Gasteiger partial charge is 0.000977 e. The molecule has 1 aliphatic heterocycles. The third-order valence-corrected chi connectivity index (χ3v) is 6.39. The molecule has 2 unspecified atom stereocenters. The molecule has 4 rings (SSSR count). The number of rotatable bonds is 5. The molecule has 0 aromatic heterocycles. The quantitative estimate of drug-likeness (QED) is 0.696. The summed E-state index contributed by atoms with van der Waals surface area (Å²) in [5, 5.41) is 0. The molecule has 0 N–H and O–H groups in total. The fraction of sp³-hybridized carbons (Fsp3) is 0.500. The molecule has 1 heteroatoms. The summed E-state index contributed by atoms with van der Waals surface area (Å²) in [4.78, 5) is 2.75. The van der Waals surface area contributed by atoms with Crippen LogP contribution in [0.4, 0.5) is 0 Å². The van der Waals surface area contributed by atoms with Crippen molar-refractivity contribution in [3.63, 3.8) is 0 Å². The Morgan fingerprint density at radius 1 is 0.720 bits per heavy atom. The van der Waals surface area contributed by atoms with Crippen LogP contribution in [-0.2, 0) is 6.42 Å². The molecule has 1 saturated carbocycles. The van der Waals surface area contributed by atoms with E-state index in [9.17, 15) is 0 Å². The molecule has 1 nitrogen and oxygen atoms in total. The van der Waals surface area contributed by atoms with Crippen molar-refractivity contribution in [1.29, 1.82) is 0 Å². The van der Waals surface area contributed by atoms with E-state index in [0.29, 0.717) is 0 Å². The molecule has 132 valence electrons. The minimum absolute atomic E-state index is 0.784. The Balaban J connectivity index is 1.22. The second kappa shape index (κ2) is 8.19. The van der Waals surface area contributed by atoms with Gasteiger partial charge in [-0.3, -0.25) is 0 Å². The van der Waals surface area contributed by atoms with Crippen LogP contribution in [0.2, 0.25) is 0 Å². The van der Waals surface area contributed by atoms with Crippen molar-refractivity contribution < 1.29 is 0 Å². The summed E-state index contributed by atoms with van der Waals surface area (Å²) in [6.07, 6.45) is 8.27. The molecule has 1 saturated heterocycles. The predicted molar refractivity (Wildman–Crippen MR) is 106 cm³/mol. The summed E-state index contributed by atoms with van der Waals surface area (Å²) in [5.74, 6) is 2.63. The average molecular weight is 334 g/mol. The lowest BCUT2D eigenvalue weighted by Gasteiger charge is -2.33. The summed E-state index contributed by atoms with van der Waals surface area (Å²) < 4.78 is 0. The maximum atomic E-state index is 2.75. The Bertz CT molecular complexity index is 628. The summed E-state index contributed by atoms with van der Waals surface area (Å²) >= 11 is 0. The van der Waals surface area contributed by atoms with Gasteiger partial charge in [-0.15, -0.1) is 0 Å². The van der Waals surface area contributed by atoms with Gasteiger partial charge < -0.3 is 4.90 Å². The topological polar surface area (TPSA) is 3.24 Å². The van der Waals surface area contributed by atoms with E-state index in [4.69, 9.17) is 0 Å². The fourth-order valence-electron chi connectivity index (χ4n) is 5.02. The lowest BCUT2D eigenvalue weighted by molar-refractivity contribution is 0.182. The van der Waals surface area contributed by atoms with E-state index >= 15 is 0 Å². The number of hydrogen-bond donors (Lipinski definition) is 0. The first-order valence-electron chi connectivity index (χ1n) is 10.2. The first-order valence-corrected chi connectivity index (χ1v) is 10.2. The van der Waals surface area contributed by atoms with Crippen LogP contribution in [0.1, 0.15) is 49.1 Å². The summed E-state index contributed by atoms with van der Waals surface area (Å²) in [6, 6.07) is 22.2. The predicted octanol–water partition coefficient (Wildman–Crippen LogP) is 5.53. The summed E-state index contributed by atoms with van der Waals surface area (Å²) in [5.41, 5.74) is 3.07. The highest BCUT2D eigenvalue weighted by molar-refractivity contribution is 5.20. The maximum Gasteiger partial charge on any atom is 0.000977 e. The Labute approximate surface area is 153 Å². The average Bonchev–Trinajstić information content (AvgIpc) is 3.11. The zero-order valence-electron chi connectivity index (χ0n) is 15.3. The molecule has 1 heterocycles. The van der Waals surface area contributed by atoms with E-state index in [1.54, 1.807) is 5.56 Å². The summed E-state index contributed by atoms with van der Waals surface area (Å²) in [7, 11) is 0. The summed E-state index contributed by atoms with van der Waals surface area (Å²) in [6.45, 7) is 3.92. The van der Waals surface area contributed by atoms with Gasteiger partial charge in [-0.1, -0.05) is 60.7 Å². The van der Waals surface area contributed by atoms with E-state index in [0.717, 1.165) is 17.8 Å². The molecule has 2 atom stereocenters. The molecule has 0 amide bonds. The molecule has 2 fully saturated rings. The molecule has 25 heavy (non-hydrogen) atoms. The third-order valence-electron chi connectivity index (χ3n) is 6.39. The van der Waals surface area contributed by atoms with Crippen LogP contribution in [0.5, 0.6) is 0 Å². The SMILES string of the molecule is c1ccc(CC2CCC(CN3CCC(c4ccccc4)CC3)C2)cc1. The van der Waals surface area contributed by atoms with Crippen molar-refractivity contribution in [2.75, 3.05) is 19.6 Å². The van der Waals surface area contributed by atoms with Crippen LogP contribution >= 0.6 is 0 Å². The molecule has 2 aliphatic rings. The van der Waals surface area contributed by atoms with Crippen LogP contribution in [0.25, 0.3) is 0 Å². The first kappa shape index (κ1) is 16.8. The van der Waals surface area contributed by atoms with Gasteiger partial charge >= 0.3 is 0 Å². The molecule has 1 aliphatic carbocycles. The minimum atomic E-state index is 0.784. The van der Waals surface area contributed by atoms with Crippen LogP contribution in [0.15, 0.2) is 60.7 Å². The van der Waals surface area contributed by atoms with Crippen molar-refractivity contribution in [3.05, 3.63) is 71.8 Å². The highest BCUT2D eigenvalue weighted by atomic mass is 15.1. The van der Waals surface area contributed by atoms with E-state index in [-0.39, 0.29) is 0 Å². The lowest BCUT2D eigenvalue weighted by atomic mass is 9.89. The second-order valence-electron chi connectivity index (χ2n) is 8.22. The highest BCUT2D eigenvalue weighted by Gasteiger charge is 2.28. The van der Waals surface area contributed by atoms with Gasteiger partial charge in [0.25, 0.3) is 0 Å². The van der Waals surface area contributed by atoms with E-state index in [1.165, 1.54) is 63.7 Å². The van der Waals surface area contributed by atoms with Gasteiger partial charge in [-0.2, -0.15) is 0 Å². The molecule has 0 spiro atoms. The fourth-order valence-corrected chi connectivity index (χ4v) is 5.02. The van der Waals surface area contributed by atoms with Crippen LogP contribution < -0.4 is 0 Å². The zero-order chi connectivity index (χ0) is 16.9. The van der Waals surface area contributed by atoms with Gasteiger partial charge in [-0.05, 0) is 80.5 Å². The number of benzene rings is 2. The number of likely N-dealkylation sites (tertiary alicyclic amines) is 1. The lowest BCUT2D eigenvalue weighted by Crippen LogP contribution is -2.36. The molecule has 0 radical (unpaired) electrons. The molecule has 2 aromatic rings. The van der Waals surface area contributed by atoms with Crippen LogP contribution in [0.3, 0.4) is 0 Å². The monoisotopic (exact) mass is 333 g/mol. The normalized spacial score (nSPS) is 25.3. The van der Waals surface area contributed by atoms with Crippen molar-refractivity contribution in [2.45, 2.75) is 44.4 Å². The van der Waals surface area contributed by atoms with Crippen molar-refractivity contribution in [3.8, 4) is 0 Å². The van der Waals surface area contributed by atoms with Gasteiger partial charge in [0.05, 0.1) is 0 Å². The molecule has 2 aromatic carbocycles. The number of piperidine rings is 1. The number of nitrogens with zero attached hydrogens (tertiary/aromatic N) is 1. The minimum Gasteiger partial charge on any atom is -0.303 e. The van der Waals surface area contributed by atoms with Crippen LogP contribution in [0, 0.1) is 11.8 Å². The van der Waals surface area contributed by atoms with E-state index < -0.39 is 0 Å². The van der Waals surface area contributed by atoms with E-state index in [1.807, 2.05) is 0 Å². The Kier molecular flexibility index (Phi) is 5.52. The molecular weight excluding hydrogens is 302 g/mol. The third kappa shape index (κ3) is 4.52.